The molecule has 1 fully saturated rings. The van der Waals surface area contributed by atoms with Gasteiger partial charge in [-0.15, -0.1) is 0 Å². The number of hydrogen-bond acceptors (Lipinski definition) is 4. The molecule has 0 saturated heterocycles. The van der Waals surface area contributed by atoms with E-state index in [0.29, 0.717) is 17.6 Å². The second-order valence-electron chi connectivity index (χ2n) is 6.08. The van der Waals surface area contributed by atoms with Gasteiger partial charge < -0.3 is 15.8 Å². The molecule has 0 bridgehead atoms. The lowest BCUT2D eigenvalue weighted by atomic mass is 10.2. The molecule has 1 heterocycles. The summed E-state index contributed by atoms with van der Waals surface area (Å²) >= 11 is 0. The van der Waals surface area contributed by atoms with E-state index in [1.807, 2.05) is 32.9 Å². The largest absolute Gasteiger partial charge is 0.470 e. The molecule has 0 aromatic carbocycles. The Morgan fingerprint density at radius 1 is 1.39 bits per heavy atom. The molecule has 1 unspecified atom stereocenters. The molecule has 0 aliphatic heterocycles. The molecule has 100 valence electrons. The van der Waals surface area contributed by atoms with E-state index in [-0.39, 0.29) is 5.60 Å². The van der Waals surface area contributed by atoms with E-state index in [0.717, 1.165) is 11.7 Å². The predicted octanol–water partition coefficient (Wildman–Crippen LogP) is 3.05. The van der Waals surface area contributed by atoms with Gasteiger partial charge in [0.1, 0.15) is 11.4 Å². The Morgan fingerprint density at radius 3 is 2.61 bits per heavy atom. The molecule has 4 nitrogen and oxygen atoms in total. The second kappa shape index (κ2) is 4.67. The van der Waals surface area contributed by atoms with E-state index in [4.69, 9.17) is 10.5 Å². The molecular formula is C14H23N3O. The number of anilines is 2. The Morgan fingerprint density at radius 2 is 2.06 bits per heavy atom. The number of rotatable bonds is 4. The molecule has 1 aromatic rings. The Balaban J connectivity index is 2.09. The minimum Gasteiger partial charge on any atom is -0.470 e. The highest BCUT2D eigenvalue weighted by molar-refractivity contribution is 5.54. The summed E-state index contributed by atoms with van der Waals surface area (Å²) in [6, 6.07) is 4.21. The third-order valence-electron chi connectivity index (χ3n) is 3.00. The van der Waals surface area contributed by atoms with E-state index < -0.39 is 0 Å². The number of ether oxygens (including phenoxy) is 1. The van der Waals surface area contributed by atoms with E-state index in [2.05, 4.69) is 17.2 Å². The van der Waals surface area contributed by atoms with Gasteiger partial charge >= 0.3 is 0 Å². The van der Waals surface area contributed by atoms with Crippen LogP contribution in [-0.4, -0.2) is 16.6 Å². The maximum absolute atomic E-state index is 5.88. The van der Waals surface area contributed by atoms with E-state index in [9.17, 15) is 0 Å². The van der Waals surface area contributed by atoms with Crippen molar-refractivity contribution in [2.45, 2.75) is 52.2 Å². The Labute approximate surface area is 109 Å². The smallest absolute Gasteiger partial charge is 0.239 e. The molecule has 2 rings (SSSR count). The van der Waals surface area contributed by atoms with Crippen molar-refractivity contribution in [2.75, 3.05) is 11.1 Å². The van der Waals surface area contributed by atoms with Crippen molar-refractivity contribution in [1.82, 2.24) is 4.98 Å². The normalized spacial score (nSPS) is 17.3. The second-order valence-corrected chi connectivity index (χ2v) is 6.08. The fraction of sp³-hybridized carbons (Fsp3) is 0.643. The topological polar surface area (TPSA) is 60.2 Å². The lowest BCUT2D eigenvalue weighted by Gasteiger charge is -2.22. The molecule has 1 aromatic heterocycles. The zero-order valence-electron chi connectivity index (χ0n) is 11.7. The maximum atomic E-state index is 5.88. The summed E-state index contributed by atoms with van der Waals surface area (Å²) < 4.78 is 5.75. The predicted molar refractivity (Wildman–Crippen MR) is 74.8 cm³/mol. The summed E-state index contributed by atoms with van der Waals surface area (Å²) in [6.45, 7) is 8.16. The standard InChI is InChI=1S/C14H23N3O/c1-9(10-5-6-10)16-12-8-7-11(15)13(17-12)18-14(2,3)4/h7-10H,5-6,15H2,1-4H3,(H,16,17). The van der Waals surface area contributed by atoms with Gasteiger partial charge in [0.2, 0.25) is 5.88 Å². The number of nitrogens with two attached hydrogens (primary N) is 1. The van der Waals surface area contributed by atoms with Gasteiger partial charge in [0.15, 0.2) is 0 Å². The number of nitrogen functional groups attached to an aromatic ring is 1. The van der Waals surface area contributed by atoms with Gasteiger partial charge in [0.25, 0.3) is 0 Å². The van der Waals surface area contributed by atoms with E-state index in [1.165, 1.54) is 12.8 Å². The molecule has 1 saturated carbocycles. The Hall–Kier alpha value is -1.45. The van der Waals surface area contributed by atoms with Crippen LogP contribution in [0.3, 0.4) is 0 Å². The lowest BCUT2D eigenvalue weighted by Crippen LogP contribution is -2.25. The van der Waals surface area contributed by atoms with Crippen LogP contribution in [0.25, 0.3) is 0 Å². The van der Waals surface area contributed by atoms with Crippen LogP contribution in [0.15, 0.2) is 12.1 Å². The number of pyridine rings is 1. The van der Waals surface area contributed by atoms with Crippen molar-refractivity contribution >= 4 is 11.5 Å². The van der Waals surface area contributed by atoms with Crippen LogP contribution in [0.2, 0.25) is 0 Å². The zero-order valence-corrected chi connectivity index (χ0v) is 11.7. The molecule has 1 aliphatic carbocycles. The average molecular weight is 249 g/mol. The summed E-state index contributed by atoms with van der Waals surface area (Å²) in [6.07, 6.45) is 2.63. The fourth-order valence-corrected chi connectivity index (χ4v) is 1.85. The molecule has 0 radical (unpaired) electrons. The van der Waals surface area contributed by atoms with Crippen LogP contribution in [-0.2, 0) is 0 Å². The molecule has 1 aliphatic rings. The summed E-state index contributed by atoms with van der Waals surface area (Å²) in [5, 5.41) is 3.41. The van der Waals surface area contributed by atoms with E-state index in [1.54, 1.807) is 0 Å². The highest BCUT2D eigenvalue weighted by Gasteiger charge is 2.28. The quantitative estimate of drug-likeness (QED) is 0.861. The van der Waals surface area contributed by atoms with Crippen LogP contribution in [0, 0.1) is 5.92 Å². The van der Waals surface area contributed by atoms with Crippen LogP contribution in [0.1, 0.15) is 40.5 Å². The van der Waals surface area contributed by atoms with Crippen molar-refractivity contribution in [3.05, 3.63) is 12.1 Å². The lowest BCUT2D eigenvalue weighted by molar-refractivity contribution is 0.125. The third kappa shape index (κ3) is 3.52. The molecule has 3 N–H and O–H groups in total. The minimum atomic E-state index is -0.290. The summed E-state index contributed by atoms with van der Waals surface area (Å²) in [5.41, 5.74) is 6.17. The van der Waals surface area contributed by atoms with Crippen LogP contribution >= 0.6 is 0 Å². The first-order valence-corrected chi connectivity index (χ1v) is 6.57. The molecule has 1 atom stereocenters. The first-order valence-electron chi connectivity index (χ1n) is 6.57. The SMILES string of the molecule is CC(Nc1ccc(N)c(OC(C)(C)C)n1)C1CC1. The monoisotopic (exact) mass is 249 g/mol. The number of nitrogens with one attached hydrogen (secondary N) is 1. The summed E-state index contributed by atoms with van der Waals surface area (Å²) in [4.78, 5) is 4.45. The summed E-state index contributed by atoms with van der Waals surface area (Å²) in [7, 11) is 0. The number of aromatic nitrogens is 1. The molecule has 4 heteroatoms. The zero-order chi connectivity index (χ0) is 13.3. The van der Waals surface area contributed by atoms with Crippen molar-refractivity contribution in [3.63, 3.8) is 0 Å². The van der Waals surface area contributed by atoms with Gasteiger partial charge in [0, 0.05) is 6.04 Å². The van der Waals surface area contributed by atoms with Crippen LogP contribution < -0.4 is 15.8 Å². The minimum absolute atomic E-state index is 0.290. The van der Waals surface area contributed by atoms with E-state index >= 15 is 0 Å². The highest BCUT2D eigenvalue weighted by atomic mass is 16.5. The maximum Gasteiger partial charge on any atom is 0.239 e. The van der Waals surface area contributed by atoms with Gasteiger partial charge in [0.05, 0.1) is 5.69 Å². The number of nitrogens with zero attached hydrogens (tertiary/aromatic N) is 1. The first-order chi connectivity index (χ1) is 8.35. The van der Waals surface area contributed by atoms with Crippen molar-refractivity contribution < 1.29 is 4.74 Å². The van der Waals surface area contributed by atoms with Gasteiger partial charge in [-0.3, -0.25) is 0 Å². The van der Waals surface area contributed by atoms with Gasteiger partial charge in [-0.25, -0.2) is 0 Å². The van der Waals surface area contributed by atoms with Crippen molar-refractivity contribution in [1.29, 1.82) is 0 Å². The molecule has 0 amide bonds. The van der Waals surface area contributed by atoms with Crippen molar-refractivity contribution in [2.24, 2.45) is 5.92 Å². The van der Waals surface area contributed by atoms with Gasteiger partial charge in [-0.1, -0.05) is 0 Å². The average Bonchev–Trinajstić information content (AvgIpc) is 3.04. The van der Waals surface area contributed by atoms with Gasteiger partial charge in [-0.05, 0) is 58.6 Å². The third-order valence-corrected chi connectivity index (χ3v) is 3.00. The fourth-order valence-electron chi connectivity index (χ4n) is 1.85. The number of hydrogen-bond donors (Lipinski definition) is 2. The summed E-state index contributed by atoms with van der Waals surface area (Å²) in [5.74, 6) is 2.13. The Kier molecular flexibility index (Phi) is 3.37. The molecular weight excluding hydrogens is 226 g/mol. The van der Waals surface area contributed by atoms with Gasteiger partial charge in [-0.2, -0.15) is 4.98 Å². The van der Waals surface area contributed by atoms with Crippen molar-refractivity contribution in [3.8, 4) is 5.88 Å². The Bertz CT molecular complexity index is 422. The highest BCUT2D eigenvalue weighted by Crippen LogP contribution is 2.34. The van der Waals surface area contributed by atoms with Crippen LogP contribution in [0.5, 0.6) is 5.88 Å². The molecule has 0 spiro atoms. The molecule has 18 heavy (non-hydrogen) atoms. The van der Waals surface area contributed by atoms with Crippen LogP contribution in [0.4, 0.5) is 11.5 Å². The first kappa shape index (κ1) is 13.0.